The molecule has 2 N–H and O–H groups in total. The van der Waals surface area contributed by atoms with Crippen LogP contribution in [0.3, 0.4) is 0 Å². The van der Waals surface area contributed by atoms with Gasteiger partial charge in [-0.05, 0) is 20.3 Å². The van der Waals surface area contributed by atoms with Crippen molar-refractivity contribution in [2.24, 2.45) is 5.73 Å². The summed E-state index contributed by atoms with van der Waals surface area (Å²) in [4.78, 5) is 11.3. The van der Waals surface area contributed by atoms with Crippen LogP contribution in [0.4, 0.5) is 0 Å². The van der Waals surface area contributed by atoms with E-state index >= 15 is 0 Å². The second kappa shape index (κ2) is 7.04. The maximum Gasteiger partial charge on any atom is 0.175 e. The zero-order chi connectivity index (χ0) is 10.3. The summed E-state index contributed by atoms with van der Waals surface area (Å²) in [6.45, 7) is 6.06. The zero-order valence-corrected chi connectivity index (χ0v) is 8.88. The molecule has 0 aliphatic heterocycles. The Kier molecular flexibility index (Phi) is 6.82. The van der Waals surface area contributed by atoms with E-state index in [9.17, 15) is 4.79 Å². The average Bonchev–Trinajstić information content (AvgIpc) is 2.10. The van der Waals surface area contributed by atoms with Gasteiger partial charge in [0, 0.05) is 0 Å². The standard InChI is InChI=1S/C10H21NO2/c1-4-5-6-9(11)10(12)7-13-8(2)3/h8-9H,4-7,11H2,1-3H3. The van der Waals surface area contributed by atoms with E-state index in [4.69, 9.17) is 10.5 Å². The van der Waals surface area contributed by atoms with Crippen molar-refractivity contribution >= 4 is 5.78 Å². The number of nitrogens with two attached hydrogens (primary N) is 1. The van der Waals surface area contributed by atoms with Crippen LogP contribution in [0.25, 0.3) is 0 Å². The molecular weight excluding hydrogens is 166 g/mol. The van der Waals surface area contributed by atoms with Gasteiger partial charge in [0.05, 0.1) is 12.1 Å². The molecule has 0 fully saturated rings. The normalized spacial score (nSPS) is 13.3. The third-order valence-electron chi connectivity index (χ3n) is 1.84. The number of hydrogen-bond acceptors (Lipinski definition) is 3. The zero-order valence-electron chi connectivity index (χ0n) is 8.88. The van der Waals surface area contributed by atoms with E-state index in [2.05, 4.69) is 6.92 Å². The summed E-state index contributed by atoms with van der Waals surface area (Å²) in [7, 11) is 0. The highest BCUT2D eigenvalue weighted by molar-refractivity contribution is 5.84. The van der Waals surface area contributed by atoms with E-state index in [1.165, 1.54) is 0 Å². The van der Waals surface area contributed by atoms with E-state index in [0.29, 0.717) is 0 Å². The number of ether oxygens (including phenoxy) is 1. The first-order valence-electron chi connectivity index (χ1n) is 4.97. The maximum absolute atomic E-state index is 11.3. The van der Waals surface area contributed by atoms with Crippen molar-refractivity contribution in [3.63, 3.8) is 0 Å². The van der Waals surface area contributed by atoms with Crippen LogP contribution in [0.5, 0.6) is 0 Å². The first-order chi connectivity index (χ1) is 6.07. The molecule has 0 saturated carbocycles. The molecule has 1 atom stereocenters. The minimum Gasteiger partial charge on any atom is -0.371 e. The van der Waals surface area contributed by atoms with Gasteiger partial charge in [-0.3, -0.25) is 4.79 Å². The number of ketones is 1. The molecule has 3 nitrogen and oxygen atoms in total. The highest BCUT2D eigenvalue weighted by Gasteiger charge is 2.12. The van der Waals surface area contributed by atoms with Crippen molar-refractivity contribution in [2.45, 2.75) is 52.2 Å². The molecule has 0 saturated heterocycles. The van der Waals surface area contributed by atoms with Crippen LogP contribution in [0.15, 0.2) is 0 Å². The Balaban J connectivity index is 3.57. The van der Waals surface area contributed by atoms with Gasteiger partial charge < -0.3 is 10.5 Å². The summed E-state index contributed by atoms with van der Waals surface area (Å²) in [5.74, 6) is 0.0159. The van der Waals surface area contributed by atoms with Crippen LogP contribution in [0.2, 0.25) is 0 Å². The summed E-state index contributed by atoms with van der Waals surface area (Å²) >= 11 is 0. The van der Waals surface area contributed by atoms with E-state index < -0.39 is 0 Å². The van der Waals surface area contributed by atoms with Crippen LogP contribution in [-0.4, -0.2) is 24.5 Å². The van der Waals surface area contributed by atoms with Crippen LogP contribution in [0.1, 0.15) is 40.0 Å². The summed E-state index contributed by atoms with van der Waals surface area (Å²) in [5, 5.41) is 0. The van der Waals surface area contributed by atoms with Crippen LogP contribution >= 0.6 is 0 Å². The molecule has 1 unspecified atom stereocenters. The van der Waals surface area contributed by atoms with Gasteiger partial charge in [-0.15, -0.1) is 0 Å². The van der Waals surface area contributed by atoms with Crippen molar-refractivity contribution < 1.29 is 9.53 Å². The number of Topliss-reactive ketones (excluding diaryl/α,β-unsaturated/α-hetero) is 1. The fourth-order valence-corrected chi connectivity index (χ4v) is 0.941. The third kappa shape index (κ3) is 6.72. The van der Waals surface area contributed by atoms with Gasteiger partial charge in [0.1, 0.15) is 6.61 Å². The number of hydrogen-bond donors (Lipinski definition) is 1. The molecule has 0 radical (unpaired) electrons. The third-order valence-corrected chi connectivity index (χ3v) is 1.84. The molecule has 3 heteroatoms. The minimum absolute atomic E-state index is 0.0159. The van der Waals surface area contributed by atoms with E-state index in [-0.39, 0.29) is 24.5 Å². The van der Waals surface area contributed by atoms with Crippen molar-refractivity contribution in [3.8, 4) is 0 Å². The molecule has 13 heavy (non-hydrogen) atoms. The van der Waals surface area contributed by atoms with Gasteiger partial charge in [0.2, 0.25) is 0 Å². The summed E-state index contributed by atoms with van der Waals surface area (Å²) in [6.07, 6.45) is 2.96. The SMILES string of the molecule is CCCCC(N)C(=O)COC(C)C. The number of rotatable bonds is 7. The molecule has 78 valence electrons. The molecule has 0 heterocycles. The predicted octanol–water partition coefficient (Wildman–Crippen LogP) is 1.50. The molecule has 0 aliphatic rings. The Morgan fingerprint density at radius 3 is 2.54 bits per heavy atom. The van der Waals surface area contributed by atoms with Gasteiger partial charge in [-0.25, -0.2) is 0 Å². The number of carbonyl (C=O) groups excluding carboxylic acids is 1. The minimum atomic E-state index is -0.335. The van der Waals surface area contributed by atoms with Gasteiger partial charge in [-0.1, -0.05) is 19.8 Å². The van der Waals surface area contributed by atoms with Gasteiger partial charge in [0.25, 0.3) is 0 Å². The van der Waals surface area contributed by atoms with Gasteiger partial charge >= 0.3 is 0 Å². The Hall–Kier alpha value is -0.410. The smallest absolute Gasteiger partial charge is 0.175 e. The lowest BCUT2D eigenvalue weighted by molar-refractivity contribution is -0.126. The molecule has 0 spiro atoms. The highest BCUT2D eigenvalue weighted by atomic mass is 16.5. The van der Waals surface area contributed by atoms with Crippen molar-refractivity contribution in [3.05, 3.63) is 0 Å². The van der Waals surface area contributed by atoms with Crippen molar-refractivity contribution in [1.82, 2.24) is 0 Å². The highest BCUT2D eigenvalue weighted by Crippen LogP contribution is 2.00. The second-order valence-electron chi connectivity index (χ2n) is 3.57. The Morgan fingerprint density at radius 1 is 1.46 bits per heavy atom. The molecule has 0 aromatic heterocycles. The molecule has 0 amide bonds. The van der Waals surface area contributed by atoms with E-state index in [0.717, 1.165) is 19.3 Å². The van der Waals surface area contributed by atoms with Crippen molar-refractivity contribution in [1.29, 1.82) is 0 Å². The number of carbonyl (C=O) groups is 1. The maximum atomic E-state index is 11.3. The largest absolute Gasteiger partial charge is 0.371 e. The summed E-state index contributed by atoms with van der Waals surface area (Å²) in [6, 6.07) is -0.335. The van der Waals surface area contributed by atoms with E-state index in [1.54, 1.807) is 0 Å². The van der Waals surface area contributed by atoms with Crippen LogP contribution in [0, 0.1) is 0 Å². The fraction of sp³-hybridized carbons (Fsp3) is 0.900. The van der Waals surface area contributed by atoms with Crippen LogP contribution < -0.4 is 5.73 Å². The van der Waals surface area contributed by atoms with Crippen LogP contribution in [-0.2, 0) is 9.53 Å². The summed E-state index contributed by atoms with van der Waals surface area (Å²) < 4.78 is 5.18. The Bertz CT molecular complexity index is 146. The monoisotopic (exact) mass is 187 g/mol. The lowest BCUT2D eigenvalue weighted by Crippen LogP contribution is -2.34. The molecule has 0 aliphatic carbocycles. The predicted molar refractivity (Wildman–Crippen MR) is 53.6 cm³/mol. The fourth-order valence-electron chi connectivity index (χ4n) is 0.941. The average molecular weight is 187 g/mol. The quantitative estimate of drug-likeness (QED) is 0.657. The second-order valence-corrected chi connectivity index (χ2v) is 3.57. The van der Waals surface area contributed by atoms with Gasteiger partial charge in [0.15, 0.2) is 5.78 Å². The number of unbranched alkanes of at least 4 members (excludes halogenated alkanes) is 1. The van der Waals surface area contributed by atoms with Crippen molar-refractivity contribution in [2.75, 3.05) is 6.61 Å². The Labute approximate surface area is 80.6 Å². The molecular formula is C10H21NO2. The Morgan fingerprint density at radius 2 is 2.08 bits per heavy atom. The molecule has 0 aromatic rings. The molecule has 0 rings (SSSR count). The van der Waals surface area contributed by atoms with Gasteiger partial charge in [-0.2, -0.15) is 0 Å². The first-order valence-corrected chi connectivity index (χ1v) is 4.97. The molecule has 0 aromatic carbocycles. The topological polar surface area (TPSA) is 52.3 Å². The lowest BCUT2D eigenvalue weighted by atomic mass is 10.1. The first kappa shape index (κ1) is 12.6. The summed E-state index contributed by atoms with van der Waals surface area (Å²) in [5.41, 5.74) is 5.66. The van der Waals surface area contributed by atoms with E-state index in [1.807, 2.05) is 13.8 Å². The molecule has 0 bridgehead atoms. The lowest BCUT2D eigenvalue weighted by Gasteiger charge is -2.11.